The Balaban J connectivity index is 1.07. The molecule has 3 heteroatoms. The molecule has 60 heavy (non-hydrogen) atoms. The maximum absolute atomic E-state index is 6.95. The van der Waals surface area contributed by atoms with Gasteiger partial charge in [-0.05, 0) is 105 Å². The predicted molar refractivity (Wildman–Crippen MR) is 250 cm³/mol. The van der Waals surface area contributed by atoms with Crippen LogP contribution in [-0.2, 0) is 16.2 Å². The zero-order valence-electron chi connectivity index (χ0n) is 35.0. The van der Waals surface area contributed by atoms with Gasteiger partial charge >= 0.3 is 0 Å². The van der Waals surface area contributed by atoms with Crippen LogP contribution in [-0.4, -0.2) is 9.13 Å². The van der Waals surface area contributed by atoms with E-state index in [1.54, 1.807) is 0 Å². The molecule has 3 nitrogen and oxygen atoms in total. The molecule has 0 N–H and O–H groups in total. The van der Waals surface area contributed by atoms with Gasteiger partial charge in [0.1, 0.15) is 11.5 Å². The fourth-order valence-corrected chi connectivity index (χ4v) is 10.6. The van der Waals surface area contributed by atoms with E-state index in [0.717, 1.165) is 28.4 Å². The molecule has 2 aromatic heterocycles. The largest absolute Gasteiger partial charge is 0.457 e. The Morgan fingerprint density at radius 2 is 0.817 bits per heavy atom. The lowest BCUT2D eigenvalue weighted by atomic mass is 9.66. The maximum Gasteiger partial charge on any atom is 0.134 e. The van der Waals surface area contributed by atoms with E-state index in [9.17, 15) is 0 Å². The van der Waals surface area contributed by atoms with Crippen molar-refractivity contribution in [3.63, 3.8) is 0 Å². The van der Waals surface area contributed by atoms with Gasteiger partial charge in [-0.1, -0.05) is 145 Å². The van der Waals surface area contributed by atoms with Crippen molar-refractivity contribution in [1.29, 1.82) is 0 Å². The average Bonchev–Trinajstić information content (AvgIpc) is 3.87. The minimum absolute atomic E-state index is 0.0444. The van der Waals surface area contributed by atoms with Crippen molar-refractivity contribution in [3.8, 4) is 34.0 Å². The lowest BCUT2D eigenvalue weighted by Gasteiger charge is -2.39. The van der Waals surface area contributed by atoms with E-state index in [-0.39, 0.29) is 10.8 Å². The molecule has 0 radical (unpaired) electrons. The van der Waals surface area contributed by atoms with Crippen molar-refractivity contribution >= 4 is 43.6 Å². The van der Waals surface area contributed by atoms with Gasteiger partial charge in [0.15, 0.2) is 0 Å². The van der Waals surface area contributed by atoms with E-state index >= 15 is 0 Å². The van der Waals surface area contributed by atoms with Crippen molar-refractivity contribution in [2.75, 3.05) is 0 Å². The monoisotopic (exact) mass is 774 g/mol. The van der Waals surface area contributed by atoms with E-state index in [1.807, 2.05) is 0 Å². The van der Waals surface area contributed by atoms with E-state index < -0.39 is 5.41 Å². The SMILES string of the molecule is CC(C)(C)c1ccc2c(c1)c1cc(C(C)(C)C)ccc1n2-c1ccc2c(c1)c1ccccc1n2-c1ccc2c(c1)Oc1ccccc1C21c2ccccc2-c2ccccc21. The lowest BCUT2D eigenvalue weighted by molar-refractivity contribution is 0.436. The zero-order valence-corrected chi connectivity index (χ0v) is 35.0. The molecule has 290 valence electrons. The summed E-state index contributed by atoms with van der Waals surface area (Å²) in [5.74, 6) is 1.78. The van der Waals surface area contributed by atoms with E-state index in [1.165, 1.54) is 82.6 Å². The Labute approximate surface area is 351 Å². The molecule has 0 unspecified atom stereocenters. The van der Waals surface area contributed by atoms with E-state index in [2.05, 4.69) is 221 Å². The summed E-state index contributed by atoms with van der Waals surface area (Å²) in [6.07, 6.45) is 0. The molecule has 0 atom stereocenters. The highest BCUT2D eigenvalue weighted by Gasteiger charge is 2.51. The number of aromatic nitrogens is 2. The highest BCUT2D eigenvalue weighted by atomic mass is 16.5. The highest BCUT2D eigenvalue weighted by Crippen LogP contribution is 2.62. The molecule has 0 bridgehead atoms. The summed E-state index contributed by atoms with van der Waals surface area (Å²) >= 11 is 0. The Bertz CT molecular complexity index is 3320. The van der Waals surface area contributed by atoms with Gasteiger partial charge in [0.25, 0.3) is 0 Å². The fraction of sp³-hybridized carbons (Fsp3) is 0.158. The molecule has 3 heterocycles. The third-order valence-electron chi connectivity index (χ3n) is 13.5. The van der Waals surface area contributed by atoms with Crippen LogP contribution >= 0.6 is 0 Å². The first kappa shape index (κ1) is 35.1. The van der Waals surface area contributed by atoms with E-state index in [0.29, 0.717) is 0 Å². The summed E-state index contributed by atoms with van der Waals surface area (Å²) in [6.45, 7) is 13.8. The average molecular weight is 775 g/mol. The summed E-state index contributed by atoms with van der Waals surface area (Å²) in [5.41, 5.74) is 16.8. The van der Waals surface area contributed by atoms with Crippen molar-refractivity contribution in [1.82, 2.24) is 9.13 Å². The van der Waals surface area contributed by atoms with Crippen LogP contribution < -0.4 is 4.74 Å². The standard InChI is InChI=1S/C57H46N2O/c1-55(2,3)35-23-28-50-42(31-35)43-32-36(56(4,5)6)24-29-51(43)58(50)37-26-30-52-44(33-37)41-17-9-13-21-49(41)59(52)38-25-27-48-54(34-38)60-53-22-14-12-20-47(53)57(48)45-18-10-7-15-39(45)40-16-8-11-19-46(40)57/h7-34H,1-6H3. The highest BCUT2D eigenvalue weighted by molar-refractivity contribution is 6.12. The van der Waals surface area contributed by atoms with Crippen LogP contribution in [0.5, 0.6) is 11.5 Å². The lowest BCUT2D eigenvalue weighted by Crippen LogP contribution is -2.32. The Morgan fingerprint density at radius 3 is 1.43 bits per heavy atom. The minimum atomic E-state index is -0.491. The number of para-hydroxylation sites is 2. The van der Waals surface area contributed by atoms with Crippen molar-refractivity contribution < 1.29 is 4.74 Å². The number of ether oxygens (including phenoxy) is 1. The molecule has 2 aliphatic rings. The van der Waals surface area contributed by atoms with Gasteiger partial charge in [-0.25, -0.2) is 0 Å². The second kappa shape index (κ2) is 12.1. The first-order chi connectivity index (χ1) is 29.0. The van der Waals surface area contributed by atoms with Crippen LogP contribution in [0.25, 0.3) is 66.1 Å². The van der Waals surface area contributed by atoms with Crippen molar-refractivity contribution in [2.24, 2.45) is 0 Å². The molecule has 10 aromatic rings. The number of fused-ring (bicyclic) bond motifs is 15. The minimum Gasteiger partial charge on any atom is -0.457 e. The van der Waals surface area contributed by atoms with Crippen LogP contribution in [0.2, 0.25) is 0 Å². The molecule has 0 fully saturated rings. The van der Waals surface area contributed by atoms with Gasteiger partial charge in [-0.3, -0.25) is 0 Å². The molecular weight excluding hydrogens is 729 g/mol. The zero-order chi connectivity index (χ0) is 40.7. The van der Waals surface area contributed by atoms with Crippen LogP contribution in [0.1, 0.15) is 74.9 Å². The van der Waals surface area contributed by atoms with Crippen LogP contribution in [0, 0.1) is 0 Å². The molecule has 0 amide bonds. The second-order valence-electron chi connectivity index (χ2n) is 19.0. The number of nitrogens with zero attached hydrogens (tertiary/aromatic N) is 2. The molecule has 1 aliphatic carbocycles. The van der Waals surface area contributed by atoms with Crippen LogP contribution in [0.15, 0.2) is 170 Å². The van der Waals surface area contributed by atoms with Gasteiger partial charge in [-0.2, -0.15) is 0 Å². The van der Waals surface area contributed by atoms with Gasteiger partial charge in [0.05, 0.1) is 27.5 Å². The maximum atomic E-state index is 6.95. The topological polar surface area (TPSA) is 19.1 Å². The quantitative estimate of drug-likeness (QED) is 0.171. The Kier molecular flexibility index (Phi) is 7.09. The molecule has 12 rings (SSSR count). The molecule has 0 saturated carbocycles. The normalized spacial score (nSPS) is 14.1. The van der Waals surface area contributed by atoms with Crippen LogP contribution in [0.4, 0.5) is 0 Å². The number of hydrogen-bond acceptors (Lipinski definition) is 1. The number of hydrogen-bond donors (Lipinski definition) is 0. The third-order valence-corrected chi connectivity index (χ3v) is 13.5. The van der Waals surface area contributed by atoms with Gasteiger partial charge in [0, 0.05) is 50.1 Å². The number of rotatable bonds is 2. The predicted octanol–water partition coefficient (Wildman–Crippen LogP) is 14.9. The van der Waals surface area contributed by atoms with Crippen LogP contribution in [0.3, 0.4) is 0 Å². The molecular formula is C57H46N2O. The van der Waals surface area contributed by atoms with Crippen molar-refractivity contribution in [2.45, 2.75) is 57.8 Å². The second-order valence-corrected chi connectivity index (χ2v) is 19.0. The first-order valence-electron chi connectivity index (χ1n) is 21.3. The Hall–Kier alpha value is -6.84. The summed E-state index contributed by atoms with van der Waals surface area (Å²) in [5, 5.41) is 5.04. The van der Waals surface area contributed by atoms with Crippen molar-refractivity contribution in [3.05, 3.63) is 203 Å². The molecule has 8 aromatic carbocycles. The molecule has 0 saturated heterocycles. The van der Waals surface area contributed by atoms with Gasteiger partial charge in [0.2, 0.25) is 0 Å². The van der Waals surface area contributed by atoms with Gasteiger partial charge < -0.3 is 13.9 Å². The summed E-state index contributed by atoms with van der Waals surface area (Å²) in [7, 11) is 0. The number of benzene rings is 8. The molecule has 1 spiro atoms. The first-order valence-corrected chi connectivity index (χ1v) is 21.3. The summed E-state index contributed by atoms with van der Waals surface area (Å²) in [4.78, 5) is 0. The fourth-order valence-electron chi connectivity index (χ4n) is 10.6. The molecule has 1 aliphatic heterocycles. The Morgan fingerprint density at radius 1 is 0.367 bits per heavy atom. The smallest absolute Gasteiger partial charge is 0.134 e. The van der Waals surface area contributed by atoms with Gasteiger partial charge in [-0.15, -0.1) is 0 Å². The van der Waals surface area contributed by atoms with E-state index in [4.69, 9.17) is 4.74 Å². The summed E-state index contributed by atoms with van der Waals surface area (Å²) < 4.78 is 11.8. The summed E-state index contributed by atoms with van der Waals surface area (Å²) in [6, 6.07) is 63.3. The third kappa shape index (κ3) is 4.72.